The van der Waals surface area contributed by atoms with Crippen LogP contribution >= 0.6 is 31.9 Å². The average Bonchev–Trinajstić information content (AvgIpc) is 3.22. The predicted molar refractivity (Wildman–Crippen MR) is 135 cm³/mol. The molecule has 33 heavy (non-hydrogen) atoms. The van der Waals surface area contributed by atoms with Crippen LogP contribution in [0.4, 0.5) is 5.95 Å². The number of hydrogen-bond acceptors (Lipinski definition) is 11. The van der Waals surface area contributed by atoms with Gasteiger partial charge in [-0.05, 0) is 6.26 Å². The maximum Gasteiger partial charge on any atom is 0.280 e. The highest BCUT2D eigenvalue weighted by molar-refractivity contribution is 8.13. The number of rotatable bonds is 15. The summed E-state index contributed by atoms with van der Waals surface area (Å²) in [6.45, 7) is 5.50. The molecule has 0 aliphatic rings. The fourth-order valence-electron chi connectivity index (χ4n) is 2.17. The molecule has 0 aliphatic carbocycles. The number of nitrogens with one attached hydrogen (secondary N) is 1. The molecule has 11 nitrogen and oxygen atoms in total. The molecule has 1 atom stereocenters. The third kappa shape index (κ3) is 12.0. The molecule has 2 aromatic rings. The lowest BCUT2D eigenvalue weighted by atomic mass is 10.5. The number of carbonyl (C=O) groups is 2. The van der Waals surface area contributed by atoms with Crippen LogP contribution in [0.1, 0.15) is 26.7 Å². The van der Waals surface area contributed by atoms with E-state index in [1.165, 1.54) is 18.1 Å². The Morgan fingerprint density at radius 1 is 1.27 bits per heavy atom. The fourth-order valence-corrected chi connectivity index (χ4v) is 4.35. The first-order valence-electron chi connectivity index (χ1n) is 10.4. The van der Waals surface area contributed by atoms with Gasteiger partial charge in [0, 0.05) is 30.9 Å². The van der Waals surface area contributed by atoms with Crippen molar-refractivity contribution in [3.63, 3.8) is 0 Å². The molecule has 2 rings (SSSR count). The molecule has 0 radical (unpaired) electrons. The van der Waals surface area contributed by atoms with E-state index in [4.69, 9.17) is 19.5 Å². The van der Waals surface area contributed by atoms with Crippen molar-refractivity contribution >= 4 is 60.4 Å². The van der Waals surface area contributed by atoms with E-state index in [0.717, 1.165) is 12.0 Å². The molecule has 0 fully saturated rings. The number of nitrogen functional groups attached to an aromatic ring is 1. The number of nitrogens with two attached hydrogens (primary N) is 1. The van der Waals surface area contributed by atoms with E-state index >= 15 is 0 Å². The number of imidazole rings is 1. The van der Waals surface area contributed by atoms with E-state index in [0.29, 0.717) is 57.0 Å². The summed E-state index contributed by atoms with van der Waals surface area (Å²) in [4.78, 5) is 42.9. The molecule has 2 aromatic heterocycles. The van der Waals surface area contributed by atoms with Crippen LogP contribution in [0.5, 0.6) is 0 Å². The molecule has 1 unspecified atom stereocenters. The quantitative estimate of drug-likeness (QED) is 0.202. The molecule has 0 aliphatic heterocycles. The summed E-state index contributed by atoms with van der Waals surface area (Å²) < 4.78 is 19.0. The number of aldehydes is 1. The SMILES string of the molecule is CCC(=O)SCCOP(COCCn1cnc2c(=O)[nH]c(N)nc21)OCCSC.CCC=O. The number of H-pyrrole nitrogens is 1. The van der Waals surface area contributed by atoms with Gasteiger partial charge >= 0.3 is 0 Å². The molecule has 0 bridgehead atoms. The van der Waals surface area contributed by atoms with Gasteiger partial charge in [0.25, 0.3) is 5.56 Å². The first-order chi connectivity index (χ1) is 16.0. The Hall–Kier alpha value is -1.50. The van der Waals surface area contributed by atoms with Crippen LogP contribution in [0.25, 0.3) is 11.2 Å². The molecule has 0 spiro atoms. The number of fused-ring (bicyclic) bond motifs is 1. The van der Waals surface area contributed by atoms with Crippen molar-refractivity contribution in [2.45, 2.75) is 33.2 Å². The maximum atomic E-state index is 11.8. The molecule has 0 aromatic carbocycles. The van der Waals surface area contributed by atoms with Crippen LogP contribution in [0.3, 0.4) is 0 Å². The normalized spacial score (nSPS) is 11.7. The van der Waals surface area contributed by atoms with Gasteiger partial charge in [-0.1, -0.05) is 25.6 Å². The zero-order valence-corrected chi connectivity index (χ0v) is 21.7. The van der Waals surface area contributed by atoms with Crippen LogP contribution in [-0.4, -0.2) is 74.9 Å². The van der Waals surface area contributed by atoms with Gasteiger partial charge < -0.3 is 28.9 Å². The molecule has 0 saturated carbocycles. The van der Waals surface area contributed by atoms with Gasteiger partial charge in [0.2, 0.25) is 5.95 Å². The number of carbonyl (C=O) groups excluding carboxylic acids is 2. The van der Waals surface area contributed by atoms with E-state index in [-0.39, 0.29) is 22.1 Å². The van der Waals surface area contributed by atoms with E-state index in [9.17, 15) is 14.4 Å². The Bertz CT molecular complexity index is 897. The predicted octanol–water partition coefficient (Wildman–Crippen LogP) is 2.65. The van der Waals surface area contributed by atoms with E-state index < -0.39 is 8.38 Å². The maximum absolute atomic E-state index is 11.8. The number of thioether (sulfide) groups is 2. The van der Waals surface area contributed by atoms with E-state index in [1.807, 2.05) is 20.1 Å². The summed E-state index contributed by atoms with van der Waals surface area (Å²) in [6, 6.07) is 0. The molecular weight excluding hydrogens is 489 g/mol. The average molecular weight is 522 g/mol. The van der Waals surface area contributed by atoms with Crippen molar-refractivity contribution in [1.29, 1.82) is 0 Å². The second-order valence-corrected chi connectivity index (χ2v) is 9.82. The van der Waals surface area contributed by atoms with Crippen molar-refractivity contribution in [1.82, 2.24) is 19.5 Å². The Morgan fingerprint density at radius 2 is 1.97 bits per heavy atom. The van der Waals surface area contributed by atoms with Gasteiger partial charge in [-0.3, -0.25) is 14.6 Å². The van der Waals surface area contributed by atoms with E-state index in [2.05, 4.69) is 15.0 Å². The molecule has 3 N–H and O–H groups in total. The first-order valence-corrected chi connectivity index (χ1v) is 14.1. The van der Waals surface area contributed by atoms with Crippen LogP contribution in [0.2, 0.25) is 0 Å². The topological polar surface area (TPSA) is 151 Å². The highest BCUT2D eigenvalue weighted by Crippen LogP contribution is 2.38. The third-order valence-electron chi connectivity index (χ3n) is 3.73. The van der Waals surface area contributed by atoms with Crippen molar-refractivity contribution in [3.05, 3.63) is 16.7 Å². The van der Waals surface area contributed by atoms with Crippen LogP contribution in [0.15, 0.2) is 11.1 Å². The summed E-state index contributed by atoms with van der Waals surface area (Å²) in [6.07, 6.45) is 5.89. The largest absolute Gasteiger partial charge is 0.370 e. The summed E-state index contributed by atoms with van der Waals surface area (Å²) in [5.41, 5.74) is 5.89. The zero-order chi connectivity index (χ0) is 24.5. The molecule has 14 heteroatoms. The van der Waals surface area contributed by atoms with Crippen molar-refractivity contribution in [2.75, 3.05) is 49.7 Å². The lowest BCUT2D eigenvalue weighted by Gasteiger charge is -2.17. The number of ether oxygens (including phenoxy) is 1. The highest BCUT2D eigenvalue weighted by atomic mass is 32.2. The summed E-state index contributed by atoms with van der Waals surface area (Å²) in [5.74, 6) is 1.51. The minimum absolute atomic E-state index is 0.0451. The third-order valence-corrected chi connectivity index (χ3v) is 6.62. The number of nitrogens with zero attached hydrogens (tertiary/aromatic N) is 3. The lowest BCUT2D eigenvalue weighted by Crippen LogP contribution is -2.13. The van der Waals surface area contributed by atoms with Crippen molar-refractivity contribution < 1.29 is 23.4 Å². The van der Waals surface area contributed by atoms with Gasteiger partial charge in [-0.25, -0.2) is 4.98 Å². The van der Waals surface area contributed by atoms with Gasteiger partial charge in [-0.15, -0.1) is 0 Å². The number of aromatic amines is 1. The van der Waals surface area contributed by atoms with E-state index in [1.54, 1.807) is 16.3 Å². The highest BCUT2D eigenvalue weighted by Gasteiger charge is 2.13. The monoisotopic (exact) mass is 521 g/mol. The van der Waals surface area contributed by atoms with Crippen molar-refractivity contribution in [2.24, 2.45) is 0 Å². The fraction of sp³-hybridized carbons (Fsp3) is 0.632. The molecule has 186 valence electrons. The van der Waals surface area contributed by atoms with Gasteiger partial charge in [0.1, 0.15) is 12.6 Å². The zero-order valence-electron chi connectivity index (χ0n) is 19.2. The standard InChI is InChI=1S/C16H26N5O5PS2.C3H6O/c1-3-12(22)29-9-7-26-27(25-6-8-28-2)11-24-5-4-21-10-18-13-14(21)19-16(17)20-15(13)23;1-2-3-4/h10H,3-9,11H2,1-2H3,(H3,17,19,20,23);3H,2H2,1H3. The Labute approximate surface area is 202 Å². The van der Waals surface area contributed by atoms with Gasteiger partial charge in [0.15, 0.2) is 24.7 Å². The summed E-state index contributed by atoms with van der Waals surface area (Å²) >= 11 is 2.96. The second-order valence-electron chi connectivity index (χ2n) is 6.24. The Balaban J connectivity index is 0.00000125. The molecule has 0 amide bonds. The molecule has 0 saturated heterocycles. The Morgan fingerprint density at radius 3 is 2.61 bits per heavy atom. The lowest BCUT2D eigenvalue weighted by molar-refractivity contribution is -0.110. The van der Waals surface area contributed by atoms with Gasteiger partial charge in [0.05, 0.1) is 26.1 Å². The van der Waals surface area contributed by atoms with Crippen LogP contribution in [-0.2, 0) is 29.9 Å². The smallest absolute Gasteiger partial charge is 0.280 e. The Kier molecular flexibility index (Phi) is 16.0. The molecule has 2 heterocycles. The number of hydrogen-bond donors (Lipinski definition) is 2. The molecular formula is C19H32N5O6PS2. The summed E-state index contributed by atoms with van der Waals surface area (Å²) in [7, 11) is -1.20. The van der Waals surface area contributed by atoms with Gasteiger partial charge in [-0.2, -0.15) is 16.7 Å². The van der Waals surface area contributed by atoms with Crippen molar-refractivity contribution in [3.8, 4) is 0 Å². The number of anilines is 1. The first kappa shape index (κ1) is 29.5. The number of aromatic nitrogens is 4. The van der Waals surface area contributed by atoms with Crippen LogP contribution in [0, 0.1) is 0 Å². The second kappa shape index (κ2) is 17.9. The minimum atomic E-state index is -1.20. The summed E-state index contributed by atoms with van der Waals surface area (Å²) in [5, 5.41) is 0.151. The van der Waals surface area contributed by atoms with Crippen LogP contribution < -0.4 is 11.3 Å². The minimum Gasteiger partial charge on any atom is -0.370 e.